The van der Waals surface area contributed by atoms with Gasteiger partial charge in [0, 0.05) is 24.8 Å². The number of benzene rings is 2. The van der Waals surface area contributed by atoms with Crippen LogP contribution in [0.15, 0.2) is 84.0 Å². The monoisotopic (exact) mass is 371 g/mol. The molecule has 1 fully saturated rings. The van der Waals surface area contributed by atoms with E-state index >= 15 is 0 Å². The van der Waals surface area contributed by atoms with E-state index in [2.05, 4.69) is 28.1 Å². The Balaban J connectivity index is 1.56. The van der Waals surface area contributed by atoms with Gasteiger partial charge in [0.2, 0.25) is 0 Å². The largest absolute Gasteiger partial charge is 0.328 e. The maximum absolute atomic E-state index is 12.8. The summed E-state index contributed by atoms with van der Waals surface area (Å²) in [4.78, 5) is 19.7. The molecule has 0 aliphatic carbocycles. The second-order valence-corrected chi connectivity index (χ2v) is 7.27. The molecule has 2 aromatic carbocycles. The van der Waals surface area contributed by atoms with Gasteiger partial charge < -0.3 is 4.57 Å². The average Bonchev–Trinajstić information content (AvgIpc) is 3.23. The van der Waals surface area contributed by atoms with E-state index in [1.807, 2.05) is 65.4 Å². The molecule has 0 unspecified atom stereocenters. The number of amides is 1. The van der Waals surface area contributed by atoms with Gasteiger partial charge in [-0.25, -0.2) is 0 Å². The number of rotatable bonds is 5. The number of pyridine rings is 1. The molecule has 1 aliphatic heterocycles. The Morgan fingerprint density at radius 2 is 1.57 bits per heavy atom. The van der Waals surface area contributed by atoms with Crippen molar-refractivity contribution in [1.82, 2.24) is 9.47 Å². The number of hydrogen-bond donors (Lipinski definition) is 0. The predicted octanol–water partition coefficient (Wildman–Crippen LogP) is 3.87. The van der Waals surface area contributed by atoms with Crippen LogP contribution in [0.1, 0.15) is 34.3 Å². The number of aromatic nitrogens is 1. The number of carbonyl (C=O) groups is 1. The zero-order valence-corrected chi connectivity index (χ0v) is 16.0. The first-order valence-corrected chi connectivity index (χ1v) is 9.88. The van der Waals surface area contributed by atoms with Gasteiger partial charge in [0.25, 0.3) is 5.91 Å². The van der Waals surface area contributed by atoms with Gasteiger partial charge in [0.05, 0.1) is 0 Å². The number of likely N-dealkylation sites (tertiary alicyclic amines) is 1. The summed E-state index contributed by atoms with van der Waals surface area (Å²) in [5.41, 5.74) is 3.66. The third-order valence-corrected chi connectivity index (χ3v) is 5.11. The molecule has 1 saturated heterocycles. The summed E-state index contributed by atoms with van der Waals surface area (Å²) in [5, 5.41) is 0. The highest BCUT2D eigenvalue weighted by Crippen LogP contribution is 2.14. The molecule has 4 rings (SSSR count). The molecule has 1 amide bonds. The van der Waals surface area contributed by atoms with Crippen molar-refractivity contribution in [2.75, 3.05) is 13.1 Å². The van der Waals surface area contributed by atoms with Gasteiger partial charge in [-0.1, -0.05) is 48.5 Å². The zero-order valence-electron chi connectivity index (χ0n) is 16.0. The molecule has 0 atom stereocenters. The number of hydrogen-bond acceptors (Lipinski definition) is 2. The smallest absolute Gasteiger partial charge is 0.278 e. The Labute approximate surface area is 165 Å². The first-order valence-electron chi connectivity index (χ1n) is 9.88. The summed E-state index contributed by atoms with van der Waals surface area (Å²) in [7, 11) is 0. The lowest BCUT2D eigenvalue weighted by atomic mass is 10.1. The van der Waals surface area contributed by atoms with Crippen LogP contribution >= 0.6 is 0 Å². The molecule has 0 bridgehead atoms. The Morgan fingerprint density at radius 3 is 2.39 bits per heavy atom. The predicted molar refractivity (Wildman–Crippen MR) is 111 cm³/mol. The van der Waals surface area contributed by atoms with Gasteiger partial charge in [-0.2, -0.15) is 4.99 Å². The second-order valence-electron chi connectivity index (χ2n) is 7.27. The van der Waals surface area contributed by atoms with Crippen molar-refractivity contribution in [3.8, 4) is 0 Å². The fraction of sp³-hybridized carbons (Fsp3) is 0.250. The van der Waals surface area contributed by atoms with E-state index in [9.17, 15) is 4.79 Å². The lowest BCUT2D eigenvalue weighted by Gasteiger charge is -2.14. The first kappa shape index (κ1) is 18.4. The Hall–Kier alpha value is -2.98. The van der Waals surface area contributed by atoms with Gasteiger partial charge in [0.1, 0.15) is 5.49 Å². The van der Waals surface area contributed by atoms with Gasteiger partial charge in [-0.3, -0.25) is 9.69 Å². The summed E-state index contributed by atoms with van der Waals surface area (Å²) in [6, 6.07) is 23.8. The summed E-state index contributed by atoms with van der Waals surface area (Å²) < 4.78 is 2.00. The third kappa shape index (κ3) is 4.65. The molecule has 28 heavy (non-hydrogen) atoms. The SMILES string of the molecule is O=C(N=c1ccccn1Cc1ccccc1)c1cccc(CN2CCCC2)c1. The minimum absolute atomic E-state index is 0.198. The van der Waals surface area contributed by atoms with Crippen LogP contribution in [0, 0.1) is 0 Å². The summed E-state index contributed by atoms with van der Waals surface area (Å²) >= 11 is 0. The highest BCUT2D eigenvalue weighted by molar-refractivity contribution is 5.95. The molecule has 0 saturated carbocycles. The van der Waals surface area contributed by atoms with Crippen molar-refractivity contribution in [1.29, 1.82) is 0 Å². The van der Waals surface area contributed by atoms with Crippen molar-refractivity contribution in [2.45, 2.75) is 25.9 Å². The molecule has 4 nitrogen and oxygen atoms in total. The molecule has 1 aromatic heterocycles. The van der Waals surface area contributed by atoms with Crippen molar-refractivity contribution >= 4 is 5.91 Å². The fourth-order valence-electron chi connectivity index (χ4n) is 3.65. The normalized spacial score (nSPS) is 15.1. The second kappa shape index (κ2) is 8.81. The van der Waals surface area contributed by atoms with Crippen LogP contribution in [0.4, 0.5) is 0 Å². The maximum atomic E-state index is 12.8. The lowest BCUT2D eigenvalue weighted by Crippen LogP contribution is -2.22. The quantitative estimate of drug-likeness (QED) is 0.683. The van der Waals surface area contributed by atoms with Crippen LogP contribution < -0.4 is 5.49 Å². The molecular weight excluding hydrogens is 346 g/mol. The van der Waals surface area contributed by atoms with Crippen LogP contribution in [0.25, 0.3) is 0 Å². The first-order chi connectivity index (χ1) is 13.8. The van der Waals surface area contributed by atoms with Crippen LogP contribution in [0.5, 0.6) is 0 Å². The van der Waals surface area contributed by atoms with Crippen molar-refractivity contribution in [2.24, 2.45) is 4.99 Å². The van der Waals surface area contributed by atoms with E-state index in [-0.39, 0.29) is 5.91 Å². The Kier molecular flexibility index (Phi) is 5.78. The topological polar surface area (TPSA) is 37.6 Å². The highest BCUT2D eigenvalue weighted by atomic mass is 16.1. The minimum atomic E-state index is -0.198. The van der Waals surface area contributed by atoms with Crippen LogP contribution in [-0.2, 0) is 13.1 Å². The van der Waals surface area contributed by atoms with E-state index in [0.29, 0.717) is 17.6 Å². The van der Waals surface area contributed by atoms with Crippen LogP contribution in [0.3, 0.4) is 0 Å². The molecule has 0 spiro atoms. The van der Waals surface area contributed by atoms with Crippen molar-refractivity contribution < 1.29 is 4.79 Å². The highest BCUT2D eigenvalue weighted by Gasteiger charge is 2.13. The standard InChI is InChI=1S/C24H25N3O/c28-24(22-12-8-11-21(17-22)18-26-14-6-7-15-26)25-23-13-4-5-16-27(23)19-20-9-2-1-3-10-20/h1-5,8-13,16-17H,6-7,14-15,18-19H2. The number of carbonyl (C=O) groups excluding carboxylic acids is 1. The van der Waals surface area contributed by atoms with Crippen LogP contribution in [-0.4, -0.2) is 28.5 Å². The van der Waals surface area contributed by atoms with E-state index in [1.54, 1.807) is 0 Å². The van der Waals surface area contributed by atoms with E-state index in [0.717, 1.165) is 19.6 Å². The van der Waals surface area contributed by atoms with Gasteiger partial charge in [-0.15, -0.1) is 0 Å². The van der Waals surface area contributed by atoms with Gasteiger partial charge >= 0.3 is 0 Å². The Morgan fingerprint density at radius 1 is 0.821 bits per heavy atom. The number of nitrogens with zero attached hydrogens (tertiary/aromatic N) is 3. The maximum Gasteiger partial charge on any atom is 0.278 e. The van der Waals surface area contributed by atoms with Crippen LogP contribution in [0.2, 0.25) is 0 Å². The summed E-state index contributed by atoms with van der Waals surface area (Å²) in [5.74, 6) is -0.198. The van der Waals surface area contributed by atoms with E-state index < -0.39 is 0 Å². The Bertz CT molecular complexity index is 1000. The summed E-state index contributed by atoms with van der Waals surface area (Å²) in [6.45, 7) is 3.88. The van der Waals surface area contributed by atoms with Gasteiger partial charge in [0.15, 0.2) is 0 Å². The molecule has 3 aromatic rings. The summed E-state index contributed by atoms with van der Waals surface area (Å²) in [6.07, 6.45) is 4.50. The lowest BCUT2D eigenvalue weighted by molar-refractivity contribution is 0.0997. The fourth-order valence-corrected chi connectivity index (χ4v) is 3.65. The van der Waals surface area contributed by atoms with Gasteiger partial charge in [-0.05, 0) is 61.3 Å². The molecule has 4 heteroatoms. The van der Waals surface area contributed by atoms with Crippen molar-refractivity contribution in [3.63, 3.8) is 0 Å². The van der Waals surface area contributed by atoms with E-state index in [1.165, 1.54) is 24.0 Å². The third-order valence-electron chi connectivity index (χ3n) is 5.11. The van der Waals surface area contributed by atoms with E-state index in [4.69, 9.17) is 0 Å². The molecule has 1 aliphatic rings. The molecule has 0 N–H and O–H groups in total. The van der Waals surface area contributed by atoms with Crippen molar-refractivity contribution in [3.05, 3.63) is 101 Å². The molecule has 2 heterocycles. The minimum Gasteiger partial charge on any atom is -0.328 e. The molecule has 142 valence electrons. The molecule has 0 radical (unpaired) electrons. The average molecular weight is 371 g/mol. The zero-order chi connectivity index (χ0) is 19.2. The molecular formula is C24H25N3O.